The molecule has 154 valence electrons. The van der Waals surface area contributed by atoms with Crippen LogP contribution in [0.4, 0.5) is 5.69 Å². The number of carbonyl (C=O) groups is 3. The Morgan fingerprint density at radius 3 is 2.63 bits per heavy atom. The molecule has 1 unspecified atom stereocenters. The van der Waals surface area contributed by atoms with Crippen molar-refractivity contribution in [3.63, 3.8) is 0 Å². The van der Waals surface area contributed by atoms with E-state index >= 15 is 0 Å². The van der Waals surface area contributed by atoms with E-state index in [1.165, 1.54) is 0 Å². The SMILES string of the molecule is CCC1(c2ccc(NC(=O)c3cc4cccc(OC)c4o3)cc2)CCC(=O)NC1=O. The Bertz CT molecular complexity index is 1130. The molecule has 2 aromatic carbocycles. The lowest BCUT2D eigenvalue weighted by molar-refractivity contribution is -0.138. The van der Waals surface area contributed by atoms with Gasteiger partial charge in [-0.25, -0.2) is 0 Å². The first kappa shape index (κ1) is 19.7. The molecule has 1 atom stereocenters. The van der Waals surface area contributed by atoms with Crippen molar-refractivity contribution in [3.05, 3.63) is 59.9 Å². The van der Waals surface area contributed by atoms with Crippen LogP contribution < -0.4 is 15.4 Å². The van der Waals surface area contributed by atoms with Gasteiger partial charge in [0.1, 0.15) is 0 Å². The van der Waals surface area contributed by atoms with Crippen LogP contribution in [0.1, 0.15) is 42.3 Å². The summed E-state index contributed by atoms with van der Waals surface area (Å²) in [4.78, 5) is 36.7. The van der Waals surface area contributed by atoms with E-state index in [0.29, 0.717) is 36.3 Å². The number of benzene rings is 2. The van der Waals surface area contributed by atoms with Gasteiger partial charge < -0.3 is 14.5 Å². The van der Waals surface area contributed by atoms with Crippen molar-refractivity contribution in [2.24, 2.45) is 0 Å². The highest BCUT2D eigenvalue weighted by molar-refractivity contribution is 6.05. The van der Waals surface area contributed by atoms with Crippen LogP contribution in [-0.2, 0) is 15.0 Å². The average molecular weight is 406 g/mol. The predicted molar refractivity (Wildman–Crippen MR) is 112 cm³/mol. The van der Waals surface area contributed by atoms with E-state index in [1.54, 1.807) is 31.4 Å². The third-order valence-corrected chi connectivity index (χ3v) is 5.72. The molecule has 30 heavy (non-hydrogen) atoms. The zero-order valence-electron chi connectivity index (χ0n) is 16.8. The molecule has 1 aliphatic rings. The molecule has 1 aromatic heterocycles. The zero-order valence-corrected chi connectivity index (χ0v) is 16.8. The van der Waals surface area contributed by atoms with Gasteiger partial charge in [0.15, 0.2) is 17.1 Å². The summed E-state index contributed by atoms with van der Waals surface area (Å²) in [5.41, 5.74) is 1.19. The summed E-state index contributed by atoms with van der Waals surface area (Å²) in [5, 5.41) is 6.02. The Morgan fingerprint density at radius 1 is 1.20 bits per heavy atom. The van der Waals surface area contributed by atoms with Crippen LogP contribution in [0.5, 0.6) is 5.75 Å². The van der Waals surface area contributed by atoms with E-state index in [1.807, 2.05) is 31.2 Å². The molecule has 7 heteroatoms. The molecule has 2 heterocycles. The zero-order chi connectivity index (χ0) is 21.3. The van der Waals surface area contributed by atoms with Gasteiger partial charge in [0.05, 0.1) is 12.5 Å². The smallest absolute Gasteiger partial charge is 0.291 e. The molecular formula is C23H22N2O5. The molecular weight excluding hydrogens is 384 g/mol. The van der Waals surface area contributed by atoms with Crippen LogP contribution >= 0.6 is 0 Å². The second-order valence-corrected chi connectivity index (χ2v) is 7.33. The number of amides is 3. The maximum Gasteiger partial charge on any atom is 0.291 e. The first-order valence-electron chi connectivity index (χ1n) is 9.79. The topological polar surface area (TPSA) is 97.6 Å². The van der Waals surface area contributed by atoms with Gasteiger partial charge in [0.2, 0.25) is 11.8 Å². The van der Waals surface area contributed by atoms with Crippen LogP contribution in [-0.4, -0.2) is 24.8 Å². The summed E-state index contributed by atoms with van der Waals surface area (Å²) in [5.74, 6) is -0.157. The van der Waals surface area contributed by atoms with Gasteiger partial charge in [-0.2, -0.15) is 0 Å². The summed E-state index contributed by atoms with van der Waals surface area (Å²) in [7, 11) is 1.55. The lowest BCUT2D eigenvalue weighted by Gasteiger charge is -2.35. The molecule has 3 aromatic rings. The van der Waals surface area contributed by atoms with E-state index in [9.17, 15) is 14.4 Å². The Labute approximate surface area is 173 Å². The number of imide groups is 1. The summed E-state index contributed by atoms with van der Waals surface area (Å²) in [6.45, 7) is 1.93. The van der Waals surface area contributed by atoms with Gasteiger partial charge in [-0.3, -0.25) is 19.7 Å². The minimum absolute atomic E-state index is 0.175. The van der Waals surface area contributed by atoms with Gasteiger partial charge in [0.25, 0.3) is 5.91 Å². The van der Waals surface area contributed by atoms with Crippen molar-refractivity contribution >= 4 is 34.4 Å². The van der Waals surface area contributed by atoms with Crippen LogP contribution in [0.3, 0.4) is 0 Å². The second-order valence-electron chi connectivity index (χ2n) is 7.33. The van der Waals surface area contributed by atoms with Crippen molar-refractivity contribution in [1.29, 1.82) is 0 Å². The predicted octanol–water partition coefficient (Wildman–Crippen LogP) is 3.78. The Hall–Kier alpha value is -3.61. The van der Waals surface area contributed by atoms with E-state index in [2.05, 4.69) is 10.6 Å². The van der Waals surface area contributed by atoms with Crippen LogP contribution in [0.2, 0.25) is 0 Å². The molecule has 7 nitrogen and oxygen atoms in total. The molecule has 0 aliphatic carbocycles. The Kier molecular flexibility index (Phi) is 5.03. The fraction of sp³-hybridized carbons (Fsp3) is 0.261. The number of rotatable bonds is 5. The number of piperidine rings is 1. The maximum absolute atomic E-state index is 12.6. The molecule has 4 rings (SSSR count). The summed E-state index contributed by atoms with van der Waals surface area (Å²) in [6.07, 6.45) is 1.37. The lowest BCUT2D eigenvalue weighted by Crippen LogP contribution is -2.51. The van der Waals surface area contributed by atoms with Gasteiger partial charge >= 0.3 is 0 Å². The number of nitrogens with one attached hydrogen (secondary N) is 2. The number of hydrogen-bond acceptors (Lipinski definition) is 5. The second kappa shape index (κ2) is 7.67. The highest BCUT2D eigenvalue weighted by atomic mass is 16.5. The summed E-state index contributed by atoms with van der Waals surface area (Å²) >= 11 is 0. The third kappa shape index (κ3) is 3.32. The molecule has 1 saturated heterocycles. The van der Waals surface area contributed by atoms with Crippen molar-refractivity contribution in [2.45, 2.75) is 31.6 Å². The average Bonchev–Trinajstić information content (AvgIpc) is 3.20. The molecule has 3 amide bonds. The molecule has 2 N–H and O–H groups in total. The van der Waals surface area contributed by atoms with Gasteiger partial charge in [-0.1, -0.05) is 31.2 Å². The van der Waals surface area contributed by atoms with Gasteiger partial charge in [0, 0.05) is 17.5 Å². The molecule has 0 bridgehead atoms. The molecule has 0 saturated carbocycles. The standard InChI is InChI=1S/C23H22N2O5/c1-3-23(12-11-19(26)25-22(23)28)15-7-9-16(10-8-15)24-21(27)18-13-14-5-4-6-17(29-2)20(14)30-18/h4-10,13H,3,11-12H2,1-2H3,(H,24,27)(H,25,26,28). The summed E-state index contributed by atoms with van der Waals surface area (Å²) < 4.78 is 10.9. The van der Waals surface area contributed by atoms with Crippen molar-refractivity contribution in [2.75, 3.05) is 12.4 Å². The lowest BCUT2D eigenvalue weighted by atomic mass is 9.72. The van der Waals surface area contributed by atoms with Crippen LogP contribution in [0, 0.1) is 0 Å². The van der Waals surface area contributed by atoms with Crippen LogP contribution in [0.15, 0.2) is 52.9 Å². The molecule has 0 spiro atoms. The van der Waals surface area contributed by atoms with Gasteiger partial charge in [-0.15, -0.1) is 0 Å². The number of carbonyl (C=O) groups excluding carboxylic acids is 3. The monoisotopic (exact) mass is 406 g/mol. The van der Waals surface area contributed by atoms with E-state index in [4.69, 9.17) is 9.15 Å². The van der Waals surface area contributed by atoms with Crippen molar-refractivity contribution in [1.82, 2.24) is 5.32 Å². The van der Waals surface area contributed by atoms with E-state index in [0.717, 1.165) is 10.9 Å². The first-order valence-corrected chi connectivity index (χ1v) is 9.79. The normalized spacial score (nSPS) is 18.9. The number of methoxy groups -OCH3 is 1. The Balaban J connectivity index is 1.54. The molecule has 1 fully saturated rings. The minimum atomic E-state index is -0.730. The highest BCUT2D eigenvalue weighted by Gasteiger charge is 2.42. The minimum Gasteiger partial charge on any atom is -0.493 e. The fourth-order valence-electron chi connectivity index (χ4n) is 3.94. The van der Waals surface area contributed by atoms with Crippen molar-refractivity contribution < 1.29 is 23.5 Å². The number of anilines is 1. The largest absolute Gasteiger partial charge is 0.493 e. The van der Waals surface area contributed by atoms with E-state index in [-0.39, 0.29) is 23.5 Å². The van der Waals surface area contributed by atoms with Gasteiger partial charge in [-0.05, 0) is 42.7 Å². The number of ether oxygens (including phenoxy) is 1. The molecule has 0 radical (unpaired) electrons. The van der Waals surface area contributed by atoms with Crippen LogP contribution in [0.25, 0.3) is 11.0 Å². The van der Waals surface area contributed by atoms with E-state index < -0.39 is 5.41 Å². The number of fused-ring (bicyclic) bond motifs is 1. The third-order valence-electron chi connectivity index (χ3n) is 5.72. The fourth-order valence-corrected chi connectivity index (χ4v) is 3.94. The Morgan fingerprint density at radius 2 is 1.97 bits per heavy atom. The quantitative estimate of drug-likeness (QED) is 0.629. The highest BCUT2D eigenvalue weighted by Crippen LogP contribution is 2.36. The molecule has 1 aliphatic heterocycles. The number of para-hydroxylation sites is 1. The number of furan rings is 1. The first-order chi connectivity index (χ1) is 14.5. The number of hydrogen-bond donors (Lipinski definition) is 2. The summed E-state index contributed by atoms with van der Waals surface area (Å²) in [6, 6.07) is 14.2. The maximum atomic E-state index is 12.6. The van der Waals surface area contributed by atoms with Crippen molar-refractivity contribution in [3.8, 4) is 5.75 Å².